The Hall–Kier alpha value is -3.46. The Balaban J connectivity index is 1.28. The first-order valence-corrected chi connectivity index (χ1v) is 10.8. The van der Waals surface area contributed by atoms with Crippen molar-refractivity contribution in [3.05, 3.63) is 42.7 Å². The molecule has 0 aliphatic carbocycles. The third-order valence-corrected chi connectivity index (χ3v) is 6.03. The first-order valence-electron chi connectivity index (χ1n) is 10.8. The summed E-state index contributed by atoms with van der Waals surface area (Å²) in [7, 11) is 0. The fourth-order valence-corrected chi connectivity index (χ4v) is 4.30. The van der Waals surface area contributed by atoms with E-state index in [9.17, 15) is 0 Å². The second kappa shape index (κ2) is 7.66. The Labute approximate surface area is 179 Å². The van der Waals surface area contributed by atoms with Crippen molar-refractivity contribution in [2.45, 2.75) is 12.8 Å². The number of nitrogens with one attached hydrogen (secondary N) is 1. The van der Waals surface area contributed by atoms with Crippen LogP contribution >= 0.6 is 0 Å². The van der Waals surface area contributed by atoms with Crippen LogP contribution in [0.4, 0.5) is 11.5 Å². The molecule has 1 aromatic carbocycles. The van der Waals surface area contributed by atoms with Crippen LogP contribution in [0.3, 0.4) is 0 Å². The average Bonchev–Trinajstić information content (AvgIpc) is 3.60. The van der Waals surface area contributed by atoms with Crippen molar-refractivity contribution in [3.8, 4) is 22.8 Å². The van der Waals surface area contributed by atoms with Crippen molar-refractivity contribution in [2.24, 2.45) is 0 Å². The summed E-state index contributed by atoms with van der Waals surface area (Å²) in [4.78, 5) is 14.2. The van der Waals surface area contributed by atoms with Crippen molar-refractivity contribution < 1.29 is 4.74 Å². The molecule has 0 atom stereocenters. The minimum absolute atomic E-state index is 0.665. The number of H-pyrrole nitrogens is 1. The number of morpholine rings is 1. The number of aromatic amines is 1. The molecule has 2 fully saturated rings. The van der Waals surface area contributed by atoms with Gasteiger partial charge in [-0.05, 0) is 43.2 Å². The highest BCUT2D eigenvalue weighted by atomic mass is 16.5. The van der Waals surface area contributed by atoms with Crippen LogP contribution < -0.4 is 9.80 Å². The van der Waals surface area contributed by atoms with Gasteiger partial charge in [-0.1, -0.05) is 0 Å². The second-order valence-corrected chi connectivity index (χ2v) is 7.96. The van der Waals surface area contributed by atoms with Crippen molar-refractivity contribution >= 4 is 17.2 Å². The molecule has 2 aliphatic heterocycles. The minimum atomic E-state index is 0.665. The zero-order chi connectivity index (χ0) is 20.6. The first-order chi connectivity index (χ1) is 15.3. The molecular formula is C22H24N8O. The summed E-state index contributed by atoms with van der Waals surface area (Å²) in [5, 5.41) is 12.0. The molecule has 5 heterocycles. The Kier molecular flexibility index (Phi) is 4.53. The molecule has 2 aliphatic rings. The highest BCUT2D eigenvalue weighted by Crippen LogP contribution is 2.26. The van der Waals surface area contributed by atoms with Crippen LogP contribution in [-0.4, -0.2) is 69.2 Å². The van der Waals surface area contributed by atoms with E-state index in [0.717, 1.165) is 62.0 Å². The Morgan fingerprint density at radius 1 is 0.871 bits per heavy atom. The molecule has 0 saturated carbocycles. The molecule has 0 bridgehead atoms. The van der Waals surface area contributed by atoms with Crippen molar-refractivity contribution in [1.82, 2.24) is 29.8 Å². The number of hydrogen-bond donors (Lipinski definition) is 1. The largest absolute Gasteiger partial charge is 0.378 e. The molecule has 6 rings (SSSR count). The van der Waals surface area contributed by atoms with Crippen molar-refractivity contribution in [3.63, 3.8) is 0 Å². The monoisotopic (exact) mass is 416 g/mol. The predicted octanol–water partition coefficient (Wildman–Crippen LogP) is 2.62. The Morgan fingerprint density at radius 3 is 2.48 bits per heavy atom. The quantitative estimate of drug-likeness (QED) is 0.547. The highest BCUT2D eigenvalue weighted by molar-refractivity contribution is 5.74. The number of fused-ring (bicyclic) bond motifs is 1. The zero-order valence-corrected chi connectivity index (χ0v) is 17.2. The fourth-order valence-electron chi connectivity index (χ4n) is 4.30. The summed E-state index contributed by atoms with van der Waals surface area (Å²) in [6.07, 6.45) is 6.19. The second-order valence-electron chi connectivity index (χ2n) is 7.96. The van der Waals surface area contributed by atoms with Gasteiger partial charge in [-0.3, -0.25) is 5.10 Å². The molecule has 1 N–H and O–H groups in total. The molecule has 0 unspecified atom stereocenters. The Morgan fingerprint density at radius 2 is 1.68 bits per heavy atom. The van der Waals surface area contributed by atoms with Crippen LogP contribution in [0.1, 0.15) is 12.8 Å². The van der Waals surface area contributed by atoms with Crippen LogP contribution in [-0.2, 0) is 4.74 Å². The molecule has 31 heavy (non-hydrogen) atoms. The van der Waals surface area contributed by atoms with Gasteiger partial charge in [-0.15, -0.1) is 0 Å². The lowest BCUT2D eigenvalue weighted by atomic mass is 10.2. The number of benzene rings is 1. The van der Waals surface area contributed by atoms with Gasteiger partial charge in [-0.25, -0.2) is 14.5 Å². The average molecular weight is 416 g/mol. The SMILES string of the molecule is c1cc(N2CCOCC2)ccc1-c1n[nH]c(-c2cnn3ccc(N4CCCC4)nc23)n1. The molecule has 3 aromatic heterocycles. The molecule has 158 valence electrons. The number of hydrogen-bond acceptors (Lipinski definition) is 7. The molecule has 0 spiro atoms. The summed E-state index contributed by atoms with van der Waals surface area (Å²) in [5.41, 5.74) is 3.81. The summed E-state index contributed by atoms with van der Waals surface area (Å²) >= 11 is 0. The maximum Gasteiger partial charge on any atom is 0.181 e. The molecule has 0 amide bonds. The van der Waals surface area contributed by atoms with Crippen LogP contribution in [0.25, 0.3) is 28.4 Å². The predicted molar refractivity (Wildman–Crippen MR) is 118 cm³/mol. The van der Waals surface area contributed by atoms with E-state index in [0.29, 0.717) is 11.6 Å². The summed E-state index contributed by atoms with van der Waals surface area (Å²) in [5.74, 6) is 2.33. The van der Waals surface area contributed by atoms with E-state index in [-0.39, 0.29) is 0 Å². The van der Waals surface area contributed by atoms with Crippen molar-refractivity contribution in [1.29, 1.82) is 0 Å². The molecule has 2 saturated heterocycles. The summed E-state index contributed by atoms with van der Waals surface area (Å²) < 4.78 is 7.22. The van der Waals surface area contributed by atoms with Gasteiger partial charge < -0.3 is 14.5 Å². The molecule has 4 aromatic rings. The molecular weight excluding hydrogens is 392 g/mol. The van der Waals surface area contributed by atoms with Crippen LogP contribution in [0, 0.1) is 0 Å². The molecule has 9 nitrogen and oxygen atoms in total. The normalized spacial score (nSPS) is 17.0. The molecule has 0 radical (unpaired) electrons. The first kappa shape index (κ1) is 18.3. The number of nitrogens with zero attached hydrogens (tertiary/aromatic N) is 7. The maximum atomic E-state index is 5.44. The number of ether oxygens (including phenoxy) is 1. The van der Waals surface area contributed by atoms with Crippen molar-refractivity contribution in [2.75, 3.05) is 49.2 Å². The van der Waals surface area contributed by atoms with Gasteiger partial charge in [0.05, 0.1) is 25.0 Å². The summed E-state index contributed by atoms with van der Waals surface area (Å²) in [6, 6.07) is 10.4. The minimum Gasteiger partial charge on any atom is -0.378 e. The molecule has 9 heteroatoms. The van der Waals surface area contributed by atoms with Gasteiger partial charge in [0.15, 0.2) is 17.3 Å². The number of anilines is 2. The lowest BCUT2D eigenvalue weighted by Gasteiger charge is -2.28. The Bertz CT molecular complexity index is 1190. The standard InChI is InChI=1S/C22H24N8O/c1-2-9-29(8-1)19-7-10-30-22(24-19)18(15-23-30)21-25-20(26-27-21)16-3-5-17(6-4-16)28-11-13-31-14-12-28/h3-7,10,15H,1-2,8-9,11-14H2,(H,25,26,27). The van der Waals surface area contributed by atoms with Crippen LogP contribution in [0.15, 0.2) is 42.7 Å². The highest BCUT2D eigenvalue weighted by Gasteiger charge is 2.18. The van der Waals surface area contributed by atoms with Gasteiger partial charge in [-0.2, -0.15) is 10.2 Å². The van der Waals surface area contributed by atoms with Gasteiger partial charge in [0, 0.05) is 43.6 Å². The van der Waals surface area contributed by atoms with Gasteiger partial charge in [0.1, 0.15) is 5.82 Å². The van der Waals surface area contributed by atoms with Gasteiger partial charge in [0.25, 0.3) is 0 Å². The van der Waals surface area contributed by atoms with Crippen LogP contribution in [0.5, 0.6) is 0 Å². The smallest absolute Gasteiger partial charge is 0.181 e. The third kappa shape index (κ3) is 3.40. The van der Waals surface area contributed by atoms with Gasteiger partial charge >= 0.3 is 0 Å². The topological polar surface area (TPSA) is 87.5 Å². The number of rotatable bonds is 4. The van der Waals surface area contributed by atoms with Crippen LogP contribution in [0.2, 0.25) is 0 Å². The third-order valence-electron chi connectivity index (χ3n) is 6.03. The van der Waals surface area contributed by atoms with E-state index in [2.05, 4.69) is 49.4 Å². The fraction of sp³-hybridized carbons (Fsp3) is 0.364. The lowest BCUT2D eigenvalue weighted by molar-refractivity contribution is 0.122. The zero-order valence-electron chi connectivity index (χ0n) is 17.2. The lowest BCUT2D eigenvalue weighted by Crippen LogP contribution is -2.36. The van der Waals surface area contributed by atoms with E-state index in [1.165, 1.54) is 18.5 Å². The number of aromatic nitrogens is 6. The van der Waals surface area contributed by atoms with E-state index in [4.69, 9.17) is 14.7 Å². The van der Waals surface area contributed by atoms with E-state index in [1.807, 2.05) is 12.3 Å². The van der Waals surface area contributed by atoms with Gasteiger partial charge in [0.2, 0.25) is 0 Å². The summed E-state index contributed by atoms with van der Waals surface area (Å²) in [6.45, 7) is 5.51. The maximum absolute atomic E-state index is 5.44. The van der Waals surface area contributed by atoms with E-state index >= 15 is 0 Å². The van der Waals surface area contributed by atoms with E-state index < -0.39 is 0 Å². The van der Waals surface area contributed by atoms with E-state index in [1.54, 1.807) is 10.7 Å².